The molecule has 1 aromatic carbocycles. The lowest BCUT2D eigenvalue weighted by atomic mass is 10.1. The fourth-order valence-electron chi connectivity index (χ4n) is 2.55. The van der Waals surface area contributed by atoms with Crippen molar-refractivity contribution in [2.45, 2.75) is 13.0 Å². The molecule has 0 saturated carbocycles. The number of aromatic nitrogens is 3. The number of nitrogens with zero attached hydrogens (tertiary/aromatic N) is 3. The quantitative estimate of drug-likeness (QED) is 0.773. The fourth-order valence-corrected chi connectivity index (χ4v) is 2.55. The van der Waals surface area contributed by atoms with Crippen LogP contribution in [0.3, 0.4) is 0 Å². The molecule has 2 heterocycles. The molecule has 0 saturated heterocycles. The number of hydrogen-bond donors (Lipinski definition) is 1. The van der Waals surface area contributed by atoms with Gasteiger partial charge in [0.1, 0.15) is 0 Å². The molecule has 0 aliphatic carbocycles. The van der Waals surface area contributed by atoms with Gasteiger partial charge >= 0.3 is 0 Å². The number of aryl methyl sites for hydroxylation is 1. The van der Waals surface area contributed by atoms with Gasteiger partial charge in [-0.1, -0.05) is 18.2 Å². The normalized spacial score (nSPS) is 11.3. The van der Waals surface area contributed by atoms with E-state index in [1.165, 1.54) is 16.5 Å². The molecule has 0 radical (unpaired) electrons. The molecule has 0 aliphatic heterocycles. The first-order chi connectivity index (χ1) is 9.28. The van der Waals surface area contributed by atoms with Crippen molar-refractivity contribution in [1.82, 2.24) is 14.3 Å². The zero-order valence-electron chi connectivity index (χ0n) is 11.1. The van der Waals surface area contributed by atoms with Crippen molar-refractivity contribution in [2.75, 3.05) is 6.54 Å². The zero-order valence-corrected chi connectivity index (χ0v) is 11.1. The van der Waals surface area contributed by atoms with Gasteiger partial charge in [0.05, 0.1) is 17.8 Å². The molecule has 4 heteroatoms. The van der Waals surface area contributed by atoms with Gasteiger partial charge in [-0.3, -0.25) is 4.68 Å². The third-order valence-electron chi connectivity index (χ3n) is 3.39. The minimum atomic E-state index is 0.674. The lowest BCUT2D eigenvalue weighted by Crippen LogP contribution is -2.06. The molecule has 0 amide bonds. The highest BCUT2D eigenvalue weighted by Crippen LogP contribution is 2.21. The van der Waals surface area contributed by atoms with Crippen LogP contribution in [0.4, 0.5) is 0 Å². The van der Waals surface area contributed by atoms with Gasteiger partial charge in [-0.05, 0) is 36.0 Å². The van der Waals surface area contributed by atoms with E-state index in [2.05, 4.69) is 46.2 Å². The van der Waals surface area contributed by atoms with E-state index in [9.17, 15) is 0 Å². The average molecular weight is 254 g/mol. The third-order valence-corrected chi connectivity index (χ3v) is 3.39. The van der Waals surface area contributed by atoms with Crippen LogP contribution < -0.4 is 5.73 Å². The Hall–Kier alpha value is -2.07. The Kier molecular flexibility index (Phi) is 3.09. The maximum absolute atomic E-state index is 5.70. The van der Waals surface area contributed by atoms with Gasteiger partial charge in [0.25, 0.3) is 0 Å². The predicted molar refractivity (Wildman–Crippen MR) is 77.0 cm³/mol. The van der Waals surface area contributed by atoms with Crippen LogP contribution in [0, 0.1) is 0 Å². The monoisotopic (exact) mass is 254 g/mol. The van der Waals surface area contributed by atoms with Gasteiger partial charge in [-0.15, -0.1) is 0 Å². The minimum Gasteiger partial charge on any atom is -0.341 e. The van der Waals surface area contributed by atoms with E-state index >= 15 is 0 Å². The Morgan fingerprint density at radius 3 is 2.79 bits per heavy atom. The van der Waals surface area contributed by atoms with Gasteiger partial charge in [0, 0.05) is 19.4 Å². The standard InChI is InChI=1S/C15H18N4/c1-18-9-7-14(17-18)11-19-10-6-13-4-2-3-12(5-8-16)15(13)19/h2-4,6-7,9-10H,5,8,11,16H2,1H3. The lowest BCUT2D eigenvalue weighted by molar-refractivity contribution is 0.715. The number of para-hydroxylation sites is 1. The van der Waals surface area contributed by atoms with Crippen molar-refractivity contribution in [3.8, 4) is 0 Å². The average Bonchev–Trinajstić information content (AvgIpc) is 2.98. The van der Waals surface area contributed by atoms with E-state index in [4.69, 9.17) is 5.73 Å². The van der Waals surface area contributed by atoms with Gasteiger partial charge in [-0.25, -0.2) is 0 Å². The number of hydrogen-bond acceptors (Lipinski definition) is 2. The van der Waals surface area contributed by atoms with Crippen molar-refractivity contribution in [3.63, 3.8) is 0 Å². The first-order valence-corrected chi connectivity index (χ1v) is 6.53. The summed E-state index contributed by atoms with van der Waals surface area (Å²) in [6.45, 7) is 1.47. The molecular weight excluding hydrogens is 236 g/mol. The second kappa shape index (κ2) is 4.90. The highest BCUT2D eigenvalue weighted by Gasteiger charge is 2.07. The second-order valence-electron chi connectivity index (χ2n) is 4.82. The molecule has 3 aromatic rings. The largest absolute Gasteiger partial charge is 0.341 e. The van der Waals surface area contributed by atoms with Crippen LogP contribution in [0.1, 0.15) is 11.3 Å². The maximum atomic E-state index is 5.70. The molecule has 4 nitrogen and oxygen atoms in total. The minimum absolute atomic E-state index is 0.674. The van der Waals surface area contributed by atoms with Gasteiger partial charge in [-0.2, -0.15) is 5.10 Å². The van der Waals surface area contributed by atoms with Crippen LogP contribution in [-0.2, 0) is 20.0 Å². The Balaban J connectivity index is 2.03. The predicted octanol–water partition coefficient (Wildman–Crippen LogP) is 1.92. The third kappa shape index (κ3) is 2.27. The molecule has 0 bridgehead atoms. The summed E-state index contributed by atoms with van der Waals surface area (Å²) in [6, 6.07) is 10.6. The first-order valence-electron chi connectivity index (χ1n) is 6.53. The molecule has 0 aliphatic rings. The number of nitrogens with two attached hydrogens (primary N) is 1. The topological polar surface area (TPSA) is 48.8 Å². The maximum Gasteiger partial charge on any atom is 0.0821 e. The van der Waals surface area contributed by atoms with Gasteiger partial charge < -0.3 is 10.3 Å². The molecule has 3 rings (SSSR count). The first kappa shape index (κ1) is 12.0. The van der Waals surface area contributed by atoms with E-state index in [1.807, 2.05) is 17.9 Å². The van der Waals surface area contributed by atoms with E-state index in [0.29, 0.717) is 6.54 Å². The molecule has 19 heavy (non-hydrogen) atoms. The summed E-state index contributed by atoms with van der Waals surface area (Å²) >= 11 is 0. The van der Waals surface area contributed by atoms with Crippen LogP contribution in [0.2, 0.25) is 0 Å². The van der Waals surface area contributed by atoms with Crippen molar-refractivity contribution < 1.29 is 0 Å². The second-order valence-corrected chi connectivity index (χ2v) is 4.82. The fraction of sp³-hybridized carbons (Fsp3) is 0.267. The van der Waals surface area contributed by atoms with Crippen LogP contribution in [0.5, 0.6) is 0 Å². The Morgan fingerprint density at radius 2 is 2.05 bits per heavy atom. The van der Waals surface area contributed by atoms with Crippen LogP contribution in [0.25, 0.3) is 10.9 Å². The molecule has 0 spiro atoms. The summed E-state index contributed by atoms with van der Waals surface area (Å²) < 4.78 is 4.09. The van der Waals surface area contributed by atoms with E-state index in [1.54, 1.807) is 0 Å². The van der Waals surface area contributed by atoms with Crippen LogP contribution >= 0.6 is 0 Å². The Bertz CT molecular complexity index is 693. The van der Waals surface area contributed by atoms with Gasteiger partial charge in [0.2, 0.25) is 0 Å². The highest BCUT2D eigenvalue weighted by molar-refractivity contribution is 5.83. The summed E-state index contributed by atoms with van der Waals surface area (Å²) in [5.41, 5.74) is 9.36. The van der Waals surface area contributed by atoms with Gasteiger partial charge in [0.15, 0.2) is 0 Å². The number of rotatable bonds is 4. The molecule has 2 aromatic heterocycles. The smallest absolute Gasteiger partial charge is 0.0821 e. The summed E-state index contributed by atoms with van der Waals surface area (Å²) in [7, 11) is 1.94. The summed E-state index contributed by atoms with van der Waals surface area (Å²) in [4.78, 5) is 0. The van der Waals surface area contributed by atoms with E-state index < -0.39 is 0 Å². The molecular formula is C15H18N4. The van der Waals surface area contributed by atoms with Crippen molar-refractivity contribution in [1.29, 1.82) is 0 Å². The zero-order chi connectivity index (χ0) is 13.2. The summed E-state index contributed by atoms with van der Waals surface area (Å²) in [5, 5.41) is 5.70. The molecule has 98 valence electrons. The number of fused-ring (bicyclic) bond motifs is 1. The van der Waals surface area contributed by atoms with E-state index in [0.717, 1.165) is 18.7 Å². The SMILES string of the molecule is Cn1ccc(Cn2ccc3cccc(CCN)c32)n1. The van der Waals surface area contributed by atoms with E-state index in [-0.39, 0.29) is 0 Å². The summed E-state index contributed by atoms with van der Waals surface area (Å²) in [6.07, 6.45) is 5.00. The number of benzene rings is 1. The molecule has 0 unspecified atom stereocenters. The molecule has 2 N–H and O–H groups in total. The van der Waals surface area contributed by atoms with Crippen LogP contribution in [0.15, 0.2) is 42.7 Å². The summed E-state index contributed by atoms with van der Waals surface area (Å²) in [5.74, 6) is 0. The van der Waals surface area contributed by atoms with Crippen molar-refractivity contribution >= 4 is 10.9 Å². The molecule has 0 atom stereocenters. The Labute approximate surface area is 112 Å². The molecule has 0 fully saturated rings. The lowest BCUT2D eigenvalue weighted by Gasteiger charge is -2.08. The van der Waals surface area contributed by atoms with Crippen molar-refractivity contribution in [3.05, 3.63) is 54.0 Å². The highest BCUT2D eigenvalue weighted by atomic mass is 15.3. The van der Waals surface area contributed by atoms with Crippen LogP contribution in [-0.4, -0.2) is 20.9 Å². The van der Waals surface area contributed by atoms with Crippen molar-refractivity contribution in [2.24, 2.45) is 12.8 Å². The Morgan fingerprint density at radius 1 is 1.16 bits per heavy atom.